The second-order valence-corrected chi connectivity index (χ2v) is 5.94. The molecule has 0 aliphatic carbocycles. The van der Waals surface area contributed by atoms with Crippen LogP contribution in [-0.2, 0) is 9.57 Å². The van der Waals surface area contributed by atoms with Gasteiger partial charge in [-0.05, 0) is 32.0 Å². The number of phenolic OH excluding ortho intramolecular Hbond substituents is 1. The molecule has 4 heterocycles. The number of rotatable bonds is 2. The Labute approximate surface area is 118 Å². The predicted molar refractivity (Wildman–Crippen MR) is 72.9 cm³/mol. The quantitative estimate of drug-likeness (QED) is 0.855. The summed E-state index contributed by atoms with van der Waals surface area (Å²) >= 11 is 0. The van der Waals surface area contributed by atoms with Gasteiger partial charge in [-0.15, -0.1) is 0 Å². The number of para-hydroxylation sites is 1. The van der Waals surface area contributed by atoms with Gasteiger partial charge >= 0.3 is 0 Å². The number of nitrogens with one attached hydrogen (secondary N) is 1. The number of phenols is 1. The number of nitrogens with zero attached hydrogens (tertiary/aromatic N) is 1. The van der Waals surface area contributed by atoms with Gasteiger partial charge in [-0.3, -0.25) is 9.74 Å². The van der Waals surface area contributed by atoms with Crippen molar-refractivity contribution in [3.8, 4) is 5.75 Å². The molecule has 5 heteroatoms. The van der Waals surface area contributed by atoms with Crippen LogP contribution >= 0.6 is 0 Å². The van der Waals surface area contributed by atoms with E-state index in [4.69, 9.17) is 9.57 Å². The summed E-state index contributed by atoms with van der Waals surface area (Å²) in [5.41, 5.74) is 4.00. The van der Waals surface area contributed by atoms with Crippen molar-refractivity contribution in [2.75, 3.05) is 20.2 Å². The molecule has 108 valence electrons. The first-order valence-corrected chi connectivity index (χ1v) is 7.27. The van der Waals surface area contributed by atoms with Crippen LogP contribution in [0, 0.1) is 5.92 Å². The minimum Gasteiger partial charge on any atom is -0.508 e. The highest BCUT2D eigenvalue weighted by Gasteiger charge is 2.63. The molecular formula is C15H20N2O3. The fourth-order valence-electron chi connectivity index (χ4n) is 4.20. The lowest BCUT2D eigenvalue weighted by atomic mass is 9.74. The normalized spacial score (nSPS) is 42.6. The van der Waals surface area contributed by atoms with E-state index in [1.807, 2.05) is 18.2 Å². The molecule has 20 heavy (non-hydrogen) atoms. The van der Waals surface area contributed by atoms with Crippen LogP contribution in [0.25, 0.3) is 0 Å². The van der Waals surface area contributed by atoms with E-state index in [2.05, 4.69) is 10.4 Å². The molecule has 5 nitrogen and oxygen atoms in total. The smallest absolute Gasteiger partial charge is 0.207 e. The topological polar surface area (TPSA) is 54.0 Å². The summed E-state index contributed by atoms with van der Waals surface area (Å²) in [5, 5.41) is 10.1. The van der Waals surface area contributed by atoms with Gasteiger partial charge in [-0.1, -0.05) is 18.2 Å². The third kappa shape index (κ3) is 1.52. The van der Waals surface area contributed by atoms with Crippen LogP contribution in [0.1, 0.15) is 24.4 Å². The lowest BCUT2D eigenvalue weighted by Gasteiger charge is -2.53. The lowest BCUT2D eigenvalue weighted by molar-refractivity contribution is -0.298. The van der Waals surface area contributed by atoms with Crippen LogP contribution in [0.4, 0.5) is 0 Å². The van der Waals surface area contributed by atoms with E-state index in [0.717, 1.165) is 31.5 Å². The van der Waals surface area contributed by atoms with E-state index in [9.17, 15) is 5.11 Å². The van der Waals surface area contributed by atoms with Crippen LogP contribution in [0.15, 0.2) is 24.3 Å². The first-order valence-electron chi connectivity index (χ1n) is 7.27. The average Bonchev–Trinajstić information content (AvgIpc) is 2.92. The van der Waals surface area contributed by atoms with E-state index in [-0.39, 0.29) is 12.1 Å². The first kappa shape index (κ1) is 12.6. The molecular weight excluding hydrogens is 256 g/mol. The number of piperidine rings is 3. The van der Waals surface area contributed by atoms with Crippen molar-refractivity contribution in [3.63, 3.8) is 0 Å². The highest BCUT2D eigenvalue weighted by molar-refractivity contribution is 5.37. The van der Waals surface area contributed by atoms with Crippen LogP contribution in [0.2, 0.25) is 0 Å². The highest BCUT2D eigenvalue weighted by atomic mass is 16.8. The van der Waals surface area contributed by atoms with Crippen LogP contribution in [0.3, 0.4) is 0 Å². The van der Waals surface area contributed by atoms with Crippen molar-refractivity contribution >= 4 is 0 Å². The first-order chi connectivity index (χ1) is 9.76. The van der Waals surface area contributed by atoms with Crippen molar-refractivity contribution in [1.82, 2.24) is 10.4 Å². The van der Waals surface area contributed by atoms with Gasteiger partial charge in [0.2, 0.25) is 5.79 Å². The maximum Gasteiger partial charge on any atom is 0.207 e. The number of hydroxylamine groups is 1. The van der Waals surface area contributed by atoms with E-state index in [1.165, 1.54) is 0 Å². The second-order valence-electron chi connectivity index (χ2n) is 5.94. The summed E-state index contributed by atoms with van der Waals surface area (Å²) in [4.78, 5) is 8.36. The standard InChI is InChI=1S/C15H20N2O3/c1-19-15-10-6-8-17(9-7-10)14(15)13(16-20-15)11-4-2-3-5-12(11)18/h2-5,10,13-14,16,18H,6-9H2,1H3/t13-,14+,15+/m1/s1. The molecule has 0 radical (unpaired) electrons. The molecule has 2 bridgehead atoms. The van der Waals surface area contributed by atoms with Crippen LogP contribution in [-0.4, -0.2) is 42.0 Å². The van der Waals surface area contributed by atoms with Gasteiger partial charge in [0, 0.05) is 18.6 Å². The summed E-state index contributed by atoms with van der Waals surface area (Å²) in [6.45, 7) is 2.16. The van der Waals surface area contributed by atoms with Gasteiger partial charge in [-0.2, -0.15) is 5.48 Å². The number of methoxy groups -OCH3 is 1. The molecule has 0 unspecified atom stereocenters. The fraction of sp³-hybridized carbons (Fsp3) is 0.600. The van der Waals surface area contributed by atoms with Gasteiger partial charge in [0.05, 0.1) is 12.1 Å². The molecule has 5 rings (SSSR count). The SMILES string of the molecule is CO[C@@]12ON[C@H](c3ccccc3O)[C@@H]1N1CCC2CC1. The zero-order chi connectivity index (χ0) is 13.7. The molecule has 1 aromatic rings. The molecule has 0 amide bonds. The minimum atomic E-state index is -0.580. The molecule has 4 aliphatic rings. The van der Waals surface area contributed by atoms with Gasteiger partial charge in [0.25, 0.3) is 0 Å². The molecule has 3 atom stereocenters. The number of fused-ring (bicyclic) bond motifs is 2. The molecule has 4 fully saturated rings. The molecule has 4 aliphatic heterocycles. The summed E-state index contributed by atoms with van der Waals surface area (Å²) in [5.74, 6) is 0.151. The molecule has 1 aromatic carbocycles. The number of benzene rings is 1. The van der Waals surface area contributed by atoms with Crippen LogP contribution in [0.5, 0.6) is 5.75 Å². The van der Waals surface area contributed by atoms with Crippen molar-refractivity contribution in [2.45, 2.75) is 30.7 Å². The third-order valence-corrected chi connectivity index (χ3v) is 5.16. The third-order valence-electron chi connectivity index (χ3n) is 5.16. The number of ether oxygens (including phenoxy) is 1. The Morgan fingerprint density at radius 3 is 2.80 bits per heavy atom. The van der Waals surface area contributed by atoms with Gasteiger partial charge in [0.1, 0.15) is 5.75 Å². The Morgan fingerprint density at radius 1 is 1.35 bits per heavy atom. The van der Waals surface area contributed by atoms with Gasteiger partial charge in [0.15, 0.2) is 0 Å². The monoisotopic (exact) mass is 276 g/mol. The van der Waals surface area contributed by atoms with E-state index >= 15 is 0 Å². The fourth-order valence-corrected chi connectivity index (χ4v) is 4.20. The van der Waals surface area contributed by atoms with E-state index < -0.39 is 5.79 Å². The number of aromatic hydroxyl groups is 1. The van der Waals surface area contributed by atoms with E-state index in [1.54, 1.807) is 13.2 Å². The zero-order valence-corrected chi connectivity index (χ0v) is 11.6. The van der Waals surface area contributed by atoms with Crippen LogP contribution < -0.4 is 5.48 Å². The zero-order valence-electron chi connectivity index (χ0n) is 11.6. The number of hydrogen-bond acceptors (Lipinski definition) is 5. The molecule has 0 aromatic heterocycles. The Balaban J connectivity index is 1.76. The van der Waals surface area contributed by atoms with Crippen molar-refractivity contribution in [1.29, 1.82) is 0 Å². The van der Waals surface area contributed by atoms with E-state index in [0.29, 0.717) is 11.7 Å². The maximum absolute atomic E-state index is 10.1. The molecule has 2 N–H and O–H groups in total. The predicted octanol–water partition coefficient (Wildman–Crippen LogP) is 1.41. The van der Waals surface area contributed by atoms with Crippen molar-refractivity contribution in [3.05, 3.63) is 29.8 Å². The lowest BCUT2D eigenvalue weighted by Crippen LogP contribution is -2.65. The Morgan fingerprint density at radius 2 is 2.10 bits per heavy atom. The van der Waals surface area contributed by atoms with Crippen molar-refractivity contribution in [2.24, 2.45) is 5.92 Å². The Kier molecular flexibility index (Phi) is 2.79. The summed E-state index contributed by atoms with van der Waals surface area (Å²) in [7, 11) is 1.73. The largest absolute Gasteiger partial charge is 0.508 e. The summed E-state index contributed by atoms with van der Waals surface area (Å²) < 4.78 is 5.82. The molecule has 0 spiro atoms. The molecule has 4 saturated heterocycles. The maximum atomic E-state index is 10.1. The summed E-state index contributed by atoms with van der Waals surface area (Å²) in [6, 6.07) is 7.52. The second kappa shape index (κ2) is 4.43. The number of hydrogen-bond donors (Lipinski definition) is 2. The minimum absolute atomic E-state index is 0.0563. The molecule has 0 saturated carbocycles. The van der Waals surface area contributed by atoms with Gasteiger partial charge < -0.3 is 9.84 Å². The summed E-state index contributed by atoms with van der Waals surface area (Å²) in [6.07, 6.45) is 2.22. The Bertz CT molecular complexity index is 516. The van der Waals surface area contributed by atoms with Crippen molar-refractivity contribution < 1.29 is 14.7 Å². The highest BCUT2D eigenvalue weighted by Crippen LogP contribution is 2.51. The van der Waals surface area contributed by atoms with Gasteiger partial charge in [-0.25, -0.2) is 0 Å². The average molecular weight is 276 g/mol. The Hall–Kier alpha value is -1.14.